The maximum Gasteiger partial charge on any atom is 0.232 e. The number of sulfonamides is 1. The van der Waals surface area contributed by atoms with Crippen molar-refractivity contribution in [3.8, 4) is 10.4 Å². The summed E-state index contributed by atoms with van der Waals surface area (Å²) in [5.41, 5.74) is 2.72. The van der Waals surface area contributed by atoms with Gasteiger partial charge in [-0.05, 0) is 47.7 Å². The molecule has 0 unspecified atom stereocenters. The molecule has 7 heteroatoms. The molecule has 0 N–H and O–H groups in total. The van der Waals surface area contributed by atoms with E-state index in [1.54, 1.807) is 23.5 Å². The highest BCUT2D eigenvalue weighted by Gasteiger charge is 2.23. The van der Waals surface area contributed by atoms with Crippen LogP contribution in [0.4, 0.5) is 14.5 Å². The second kappa shape index (κ2) is 7.81. The molecule has 0 aliphatic rings. The van der Waals surface area contributed by atoms with Gasteiger partial charge in [0.2, 0.25) is 10.0 Å². The SMILES string of the molecule is Cc1c(-c2ccccc2N(Cc2ccc(F)c(F)c2)S(C)(=O)=O)sc2ccccc12. The molecule has 4 aromatic rings. The van der Waals surface area contributed by atoms with E-state index >= 15 is 0 Å². The summed E-state index contributed by atoms with van der Waals surface area (Å²) >= 11 is 1.60. The van der Waals surface area contributed by atoms with Crippen LogP contribution in [0.1, 0.15) is 11.1 Å². The molecule has 0 atom stereocenters. The molecule has 0 spiro atoms. The lowest BCUT2D eigenvalue weighted by atomic mass is 10.1. The molecule has 0 radical (unpaired) electrons. The fourth-order valence-corrected chi connectivity index (χ4v) is 5.64. The van der Waals surface area contributed by atoms with Crippen LogP contribution in [0.2, 0.25) is 0 Å². The highest BCUT2D eigenvalue weighted by atomic mass is 32.2. The minimum absolute atomic E-state index is 0.100. The minimum Gasteiger partial charge on any atom is -0.265 e. The molecular weight excluding hydrogens is 424 g/mol. The zero-order valence-corrected chi connectivity index (χ0v) is 18.0. The number of benzene rings is 3. The molecule has 0 saturated carbocycles. The number of hydrogen-bond acceptors (Lipinski definition) is 3. The molecule has 0 bridgehead atoms. The van der Waals surface area contributed by atoms with Gasteiger partial charge in [-0.3, -0.25) is 4.31 Å². The summed E-state index contributed by atoms with van der Waals surface area (Å²) in [5, 5.41) is 1.12. The van der Waals surface area contributed by atoms with Gasteiger partial charge < -0.3 is 0 Å². The van der Waals surface area contributed by atoms with Crippen LogP contribution in [0.5, 0.6) is 0 Å². The van der Waals surface area contributed by atoms with Gasteiger partial charge in [0.25, 0.3) is 0 Å². The normalized spacial score (nSPS) is 11.7. The number of nitrogens with zero attached hydrogens (tertiary/aromatic N) is 1. The van der Waals surface area contributed by atoms with E-state index in [0.29, 0.717) is 11.3 Å². The molecule has 30 heavy (non-hydrogen) atoms. The summed E-state index contributed by atoms with van der Waals surface area (Å²) in [6.45, 7) is 1.92. The standard InChI is InChI=1S/C23H19F2NO2S2/c1-15-17-7-4-6-10-22(17)29-23(15)18-8-3-5-9-21(18)26(30(2,27)28)14-16-11-12-19(24)20(25)13-16/h3-13H,14H2,1-2H3. The Morgan fingerprint density at radius 2 is 1.63 bits per heavy atom. The third-order valence-corrected chi connectivity index (χ3v) is 7.40. The van der Waals surface area contributed by atoms with Crippen LogP contribution >= 0.6 is 11.3 Å². The van der Waals surface area contributed by atoms with E-state index < -0.39 is 21.7 Å². The lowest BCUT2D eigenvalue weighted by Gasteiger charge is -2.25. The molecule has 3 nitrogen and oxygen atoms in total. The molecule has 1 aromatic heterocycles. The van der Waals surface area contributed by atoms with Crippen molar-refractivity contribution in [2.75, 3.05) is 10.6 Å². The van der Waals surface area contributed by atoms with Crippen molar-refractivity contribution in [1.82, 2.24) is 0 Å². The van der Waals surface area contributed by atoms with Crippen molar-refractivity contribution in [1.29, 1.82) is 0 Å². The Morgan fingerprint density at radius 3 is 2.33 bits per heavy atom. The number of fused-ring (bicyclic) bond motifs is 1. The van der Waals surface area contributed by atoms with Crippen molar-refractivity contribution in [3.05, 3.63) is 89.5 Å². The van der Waals surface area contributed by atoms with Crippen LogP contribution < -0.4 is 4.31 Å². The minimum atomic E-state index is -3.69. The Bertz CT molecular complexity index is 1350. The first-order valence-corrected chi connectivity index (χ1v) is 11.9. The summed E-state index contributed by atoms with van der Waals surface area (Å²) in [4.78, 5) is 0.978. The van der Waals surface area contributed by atoms with Crippen molar-refractivity contribution >= 4 is 37.1 Å². The Labute approximate surface area is 178 Å². The quantitative estimate of drug-likeness (QED) is 0.373. The van der Waals surface area contributed by atoms with Gasteiger partial charge in [0.1, 0.15) is 0 Å². The number of halogens is 2. The van der Waals surface area contributed by atoms with Gasteiger partial charge in [-0.2, -0.15) is 0 Å². The van der Waals surface area contributed by atoms with Crippen LogP contribution in [0.25, 0.3) is 20.5 Å². The van der Waals surface area contributed by atoms with Crippen molar-refractivity contribution in [2.24, 2.45) is 0 Å². The van der Waals surface area contributed by atoms with E-state index in [1.165, 1.54) is 10.4 Å². The lowest BCUT2D eigenvalue weighted by Crippen LogP contribution is -2.29. The van der Waals surface area contributed by atoms with Crippen molar-refractivity contribution in [3.63, 3.8) is 0 Å². The Morgan fingerprint density at radius 1 is 0.933 bits per heavy atom. The van der Waals surface area contributed by atoms with Crippen LogP contribution in [0.15, 0.2) is 66.7 Å². The second-order valence-electron chi connectivity index (χ2n) is 7.09. The molecule has 0 fully saturated rings. The van der Waals surface area contributed by atoms with Crippen molar-refractivity contribution < 1.29 is 17.2 Å². The number of thiophene rings is 1. The summed E-state index contributed by atoms with van der Waals surface area (Å²) in [6.07, 6.45) is 1.11. The van der Waals surface area contributed by atoms with E-state index in [4.69, 9.17) is 0 Å². The summed E-state index contributed by atoms with van der Waals surface area (Å²) in [7, 11) is -3.69. The van der Waals surface area contributed by atoms with Gasteiger partial charge in [0, 0.05) is 15.1 Å². The highest BCUT2D eigenvalue weighted by molar-refractivity contribution is 7.92. The largest absolute Gasteiger partial charge is 0.265 e. The van der Waals surface area contributed by atoms with Crippen LogP contribution in [-0.4, -0.2) is 14.7 Å². The van der Waals surface area contributed by atoms with Gasteiger partial charge in [-0.25, -0.2) is 17.2 Å². The molecule has 154 valence electrons. The predicted molar refractivity (Wildman–Crippen MR) is 119 cm³/mol. The maximum absolute atomic E-state index is 13.7. The molecule has 0 amide bonds. The second-order valence-corrected chi connectivity index (χ2v) is 10.0. The number of hydrogen-bond donors (Lipinski definition) is 0. The highest BCUT2D eigenvalue weighted by Crippen LogP contribution is 2.42. The van der Waals surface area contributed by atoms with E-state index in [9.17, 15) is 17.2 Å². The predicted octanol–water partition coefficient (Wildman–Crippen LogP) is 6.12. The number of para-hydroxylation sites is 1. The molecule has 4 rings (SSSR count). The van der Waals surface area contributed by atoms with E-state index in [-0.39, 0.29) is 6.54 Å². The smallest absolute Gasteiger partial charge is 0.232 e. The Kier molecular flexibility index (Phi) is 5.34. The summed E-state index contributed by atoms with van der Waals surface area (Å²) < 4.78 is 54.8. The molecule has 0 saturated heterocycles. The Hall–Kier alpha value is -2.77. The maximum atomic E-state index is 13.7. The van der Waals surface area contributed by atoms with Gasteiger partial charge >= 0.3 is 0 Å². The average molecular weight is 444 g/mol. The number of aryl methyl sites for hydroxylation is 1. The van der Waals surface area contributed by atoms with E-state index in [0.717, 1.165) is 44.5 Å². The van der Waals surface area contributed by atoms with Crippen LogP contribution in [0.3, 0.4) is 0 Å². The molecule has 1 heterocycles. The van der Waals surface area contributed by atoms with E-state index in [1.807, 2.05) is 43.3 Å². The third-order valence-electron chi connectivity index (χ3n) is 4.97. The fraction of sp³-hybridized carbons (Fsp3) is 0.130. The van der Waals surface area contributed by atoms with Crippen LogP contribution in [-0.2, 0) is 16.6 Å². The lowest BCUT2D eigenvalue weighted by molar-refractivity contribution is 0.507. The zero-order chi connectivity index (χ0) is 21.5. The first-order chi connectivity index (χ1) is 14.3. The molecule has 0 aliphatic heterocycles. The first-order valence-electron chi connectivity index (χ1n) is 9.25. The molecule has 3 aromatic carbocycles. The summed E-state index contributed by atoms with van der Waals surface area (Å²) in [5.74, 6) is -1.97. The molecular formula is C23H19F2NO2S2. The van der Waals surface area contributed by atoms with Gasteiger partial charge in [-0.1, -0.05) is 42.5 Å². The zero-order valence-electron chi connectivity index (χ0n) is 16.4. The fourth-order valence-electron chi connectivity index (χ4n) is 3.50. The third kappa shape index (κ3) is 3.82. The van der Waals surface area contributed by atoms with Gasteiger partial charge in [-0.15, -0.1) is 11.3 Å². The Balaban J connectivity index is 1.86. The average Bonchev–Trinajstić information content (AvgIpc) is 3.05. The summed E-state index contributed by atoms with van der Waals surface area (Å²) in [6, 6.07) is 18.7. The number of rotatable bonds is 5. The van der Waals surface area contributed by atoms with Crippen molar-refractivity contribution in [2.45, 2.75) is 13.5 Å². The van der Waals surface area contributed by atoms with E-state index in [2.05, 4.69) is 0 Å². The molecule has 0 aliphatic carbocycles. The monoisotopic (exact) mass is 443 g/mol. The van der Waals surface area contributed by atoms with Gasteiger partial charge in [0.15, 0.2) is 11.6 Å². The topological polar surface area (TPSA) is 37.4 Å². The van der Waals surface area contributed by atoms with Gasteiger partial charge in [0.05, 0.1) is 18.5 Å². The first kappa shape index (κ1) is 20.5. The van der Waals surface area contributed by atoms with Crippen LogP contribution in [0, 0.1) is 18.6 Å². The number of anilines is 1.